The Hall–Kier alpha value is -6.17. The average Bonchev–Trinajstić information content (AvgIpc) is 4.03. The van der Waals surface area contributed by atoms with E-state index in [0.717, 1.165) is 122 Å². The highest BCUT2D eigenvalue weighted by Gasteiger charge is 2.36. The molecule has 4 amide bonds. The van der Waals surface area contributed by atoms with Crippen LogP contribution in [0.3, 0.4) is 0 Å². The number of hydrogen-bond acceptors (Lipinski definition) is 9. The number of likely N-dealkylation sites (tertiary alicyclic amines) is 2. The van der Waals surface area contributed by atoms with E-state index in [-0.39, 0.29) is 41.4 Å². The van der Waals surface area contributed by atoms with E-state index in [0.29, 0.717) is 69.0 Å². The number of aryl methyl sites for hydroxylation is 4. The minimum Gasteiger partial charge on any atom is -0.343 e. The molecule has 5 aliphatic rings. The van der Waals surface area contributed by atoms with Gasteiger partial charge in [-0.15, -0.1) is 0 Å². The Balaban J connectivity index is 0.734. The summed E-state index contributed by atoms with van der Waals surface area (Å²) in [6, 6.07) is 8.81. The molecule has 366 valence electrons. The van der Waals surface area contributed by atoms with E-state index in [4.69, 9.17) is 5.10 Å². The van der Waals surface area contributed by atoms with Gasteiger partial charge in [0.05, 0.1) is 29.8 Å². The molecule has 5 aromatic rings. The van der Waals surface area contributed by atoms with E-state index in [9.17, 15) is 32.8 Å². The molecule has 10 rings (SSSR count). The van der Waals surface area contributed by atoms with Gasteiger partial charge in [0.1, 0.15) is 6.04 Å². The van der Waals surface area contributed by atoms with Crippen molar-refractivity contribution in [1.29, 1.82) is 0 Å². The monoisotopic (exact) mass is 947 g/mol. The molecule has 3 fully saturated rings. The molecule has 2 aromatic carbocycles. The van der Waals surface area contributed by atoms with Crippen molar-refractivity contribution in [2.24, 2.45) is 20.0 Å². The summed E-state index contributed by atoms with van der Waals surface area (Å²) in [5.74, 6) is 0.735. The highest BCUT2D eigenvalue weighted by Crippen LogP contribution is 2.44. The summed E-state index contributed by atoms with van der Waals surface area (Å²) in [6.45, 7) is 7.37. The average molecular weight is 948 g/mol. The van der Waals surface area contributed by atoms with Crippen molar-refractivity contribution in [2.75, 3.05) is 50.7 Å². The van der Waals surface area contributed by atoms with Crippen molar-refractivity contribution < 1.29 is 28.0 Å². The molecule has 0 radical (unpaired) electrons. The summed E-state index contributed by atoms with van der Waals surface area (Å²) in [5, 5.41) is 11.9. The Labute approximate surface area is 400 Å². The highest BCUT2D eigenvalue weighted by atomic mass is 19.3. The normalized spacial score (nSPS) is 19.7. The lowest BCUT2D eigenvalue weighted by molar-refractivity contribution is -0.136. The minimum absolute atomic E-state index is 0.00462. The zero-order chi connectivity index (χ0) is 48.1. The molecule has 16 nitrogen and oxygen atoms in total. The van der Waals surface area contributed by atoms with Crippen LogP contribution >= 0.6 is 0 Å². The van der Waals surface area contributed by atoms with Crippen molar-refractivity contribution in [3.8, 4) is 11.1 Å². The Bertz CT molecular complexity index is 2850. The first kappa shape index (κ1) is 46.6. The number of aromatic nitrogens is 6. The fourth-order valence-corrected chi connectivity index (χ4v) is 11.9. The van der Waals surface area contributed by atoms with Gasteiger partial charge in [0.15, 0.2) is 5.82 Å². The lowest BCUT2D eigenvalue weighted by Crippen LogP contribution is -2.44. The number of piperidine rings is 3. The number of anilines is 2. The number of imidazole rings is 1. The van der Waals surface area contributed by atoms with Crippen molar-refractivity contribution in [3.05, 3.63) is 81.2 Å². The molecule has 0 aliphatic carbocycles. The van der Waals surface area contributed by atoms with Gasteiger partial charge in [-0.05, 0) is 125 Å². The van der Waals surface area contributed by atoms with Gasteiger partial charge in [-0.25, -0.2) is 13.6 Å². The highest BCUT2D eigenvalue weighted by molar-refractivity contribution is 6.00. The second-order valence-corrected chi connectivity index (χ2v) is 19.9. The lowest BCUT2D eigenvalue weighted by Gasteiger charge is -2.34. The summed E-state index contributed by atoms with van der Waals surface area (Å²) in [7, 11) is 3.53. The summed E-state index contributed by atoms with van der Waals surface area (Å²) < 4.78 is 36.4. The van der Waals surface area contributed by atoms with Crippen LogP contribution in [-0.2, 0) is 59.1 Å². The van der Waals surface area contributed by atoms with Crippen molar-refractivity contribution >= 4 is 46.2 Å². The van der Waals surface area contributed by atoms with E-state index in [1.807, 2.05) is 28.0 Å². The van der Waals surface area contributed by atoms with Crippen LogP contribution in [0, 0.1) is 5.92 Å². The van der Waals surface area contributed by atoms with Crippen LogP contribution < -0.4 is 15.9 Å². The van der Waals surface area contributed by atoms with Crippen LogP contribution in [0.1, 0.15) is 118 Å². The summed E-state index contributed by atoms with van der Waals surface area (Å²) in [4.78, 5) is 72.6. The summed E-state index contributed by atoms with van der Waals surface area (Å²) in [5.41, 5.74) is 7.33. The van der Waals surface area contributed by atoms with Gasteiger partial charge in [0, 0.05) is 101 Å². The number of amides is 4. The fourth-order valence-electron chi connectivity index (χ4n) is 11.9. The van der Waals surface area contributed by atoms with Gasteiger partial charge >= 0.3 is 5.69 Å². The van der Waals surface area contributed by atoms with Crippen LogP contribution in [0.5, 0.6) is 0 Å². The number of alkyl halides is 2. The van der Waals surface area contributed by atoms with Crippen LogP contribution in [0.15, 0.2) is 47.5 Å². The molecule has 1 atom stereocenters. The second-order valence-electron chi connectivity index (χ2n) is 19.9. The van der Waals surface area contributed by atoms with Gasteiger partial charge in [0.25, 0.3) is 6.43 Å². The first-order valence-corrected chi connectivity index (χ1v) is 24.9. The Morgan fingerprint density at radius 1 is 0.913 bits per heavy atom. The molecule has 0 bridgehead atoms. The van der Waals surface area contributed by atoms with Crippen LogP contribution in [-0.4, -0.2) is 113 Å². The number of carbonyl (C=O) groups excluding carboxylic acids is 4. The van der Waals surface area contributed by atoms with E-state index in [1.165, 1.54) is 0 Å². The predicted octanol–water partition coefficient (Wildman–Crippen LogP) is 6.13. The molecule has 8 heterocycles. The first-order valence-electron chi connectivity index (χ1n) is 24.9. The smallest absolute Gasteiger partial charge is 0.329 e. The molecule has 5 aliphatic heterocycles. The molecule has 3 aromatic heterocycles. The Morgan fingerprint density at radius 3 is 2.43 bits per heavy atom. The number of imide groups is 1. The van der Waals surface area contributed by atoms with Gasteiger partial charge in [-0.2, -0.15) is 10.2 Å². The van der Waals surface area contributed by atoms with Crippen LogP contribution in [0.2, 0.25) is 0 Å². The number of nitrogens with one attached hydrogen (secondary N) is 1. The maximum Gasteiger partial charge on any atom is 0.329 e. The fraction of sp³-hybridized carbons (Fsp3) is 0.549. The van der Waals surface area contributed by atoms with Crippen molar-refractivity contribution in [3.63, 3.8) is 0 Å². The van der Waals surface area contributed by atoms with E-state index < -0.39 is 18.4 Å². The van der Waals surface area contributed by atoms with Crippen molar-refractivity contribution in [1.82, 2.24) is 48.7 Å². The number of fused-ring (bicyclic) bond motifs is 3. The molecule has 0 spiro atoms. The molecule has 1 N–H and O–H groups in total. The molecule has 18 heteroatoms. The molecule has 3 saturated heterocycles. The lowest BCUT2D eigenvalue weighted by atomic mass is 9.90. The molecule has 1 unspecified atom stereocenters. The van der Waals surface area contributed by atoms with E-state index in [1.54, 1.807) is 53.3 Å². The minimum atomic E-state index is -2.68. The third kappa shape index (κ3) is 9.11. The zero-order valence-electron chi connectivity index (χ0n) is 40.0. The third-order valence-corrected chi connectivity index (χ3v) is 15.7. The maximum absolute atomic E-state index is 14.7. The van der Waals surface area contributed by atoms with Gasteiger partial charge in [0.2, 0.25) is 23.6 Å². The van der Waals surface area contributed by atoms with Crippen LogP contribution in [0.4, 0.5) is 20.3 Å². The number of nitrogens with zero attached hydrogens (tertiary/aromatic N) is 10. The number of benzene rings is 2. The van der Waals surface area contributed by atoms with E-state index >= 15 is 0 Å². The Kier molecular flexibility index (Phi) is 13.0. The summed E-state index contributed by atoms with van der Waals surface area (Å²) in [6.07, 6.45) is 10.3. The number of rotatable bonds is 12. The molecular weight excluding hydrogens is 885 g/mol. The van der Waals surface area contributed by atoms with Gasteiger partial charge in [-0.1, -0.05) is 12.1 Å². The second kappa shape index (κ2) is 19.3. The van der Waals surface area contributed by atoms with Crippen molar-refractivity contribution in [2.45, 2.75) is 115 Å². The summed E-state index contributed by atoms with van der Waals surface area (Å²) >= 11 is 0. The maximum atomic E-state index is 14.7. The number of hydrogen-bond donors (Lipinski definition) is 1. The SMILES string of the molecule is CC(=O)N1CCc2c(c(N3CCCc4cc(-c5cnn(C)c5)c(C(F)F)cc43)nn2C2CCN(C(=O)CCCN3CCC(CCc4cccc5c4n(C)c(=O)n5C4CCC(=O)NC4=O)CC3)CC2)C1. The molecule has 69 heavy (non-hydrogen) atoms. The number of para-hydroxylation sites is 1. The quantitative estimate of drug-likeness (QED) is 0.146. The molecule has 0 saturated carbocycles. The number of halogens is 2. The largest absolute Gasteiger partial charge is 0.343 e. The topological polar surface area (TPSA) is 156 Å². The number of carbonyl (C=O) groups is 4. The molecular formula is C51H63F2N11O5. The zero-order valence-corrected chi connectivity index (χ0v) is 40.0. The van der Waals surface area contributed by atoms with Gasteiger partial charge < -0.3 is 19.6 Å². The van der Waals surface area contributed by atoms with Crippen LogP contribution in [0.25, 0.3) is 22.2 Å². The van der Waals surface area contributed by atoms with E-state index in [2.05, 4.69) is 31.0 Å². The Morgan fingerprint density at radius 2 is 1.71 bits per heavy atom. The predicted molar refractivity (Wildman–Crippen MR) is 256 cm³/mol. The standard InChI is InChI=1S/C51H63F2N11O5/c1-32(65)61-26-19-41-40(31-61)49(62-21-5-8-35-27-38(36-29-54-57(2)30-36)39(48(52)53)28-44(35)62)56-64(41)37-17-24-60(25-18-37)46(67)10-6-20-59-22-15-33(16-23-59)11-12-34-7-4-9-42-47(34)58(3)51(69)63(42)43-13-14-45(66)55-50(43)68/h4,7,9,27-30,33,37,43,48H,5-6,8,10-26,31H2,1-3H3,(H,55,66,68). The van der Waals surface area contributed by atoms with Gasteiger partial charge in [-0.3, -0.25) is 43.0 Å². The third-order valence-electron chi connectivity index (χ3n) is 15.7. The first-order chi connectivity index (χ1) is 33.3.